The molecule has 1 aliphatic rings. The van der Waals surface area contributed by atoms with Crippen LogP contribution in [0.2, 0.25) is 5.02 Å². The zero-order valence-corrected chi connectivity index (χ0v) is 22.9. The molecule has 2 heterocycles. The summed E-state index contributed by atoms with van der Waals surface area (Å²) in [7, 11) is 3.84. The highest BCUT2D eigenvalue weighted by Gasteiger charge is 2.23. The number of carbonyl (C=O) groups excluding carboxylic acids is 1. The maximum atomic E-state index is 12.9. The van der Waals surface area contributed by atoms with Crippen molar-refractivity contribution in [2.75, 3.05) is 51.7 Å². The number of rotatable bonds is 7. The van der Waals surface area contributed by atoms with Gasteiger partial charge >= 0.3 is 0 Å². The molecule has 0 atom stereocenters. The van der Waals surface area contributed by atoms with E-state index in [-0.39, 0.29) is 22.5 Å². The predicted molar refractivity (Wildman–Crippen MR) is 157 cm³/mol. The summed E-state index contributed by atoms with van der Waals surface area (Å²) in [6, 6.07) is 19.3. The van der Waals surface area contributed by atoms with Crippen molar-refractivity contribution in [2.45, 2.75) is 0 Å². The number of aromatic hydroxyl groups is 1. The van der Waals surface area contributed by atoms with Crippen molar-refractivity contribution in [3.8, 4) is 5.88 Å². The third-order valence-electron chi connectivity index (χ3n) is 7.13. The van der Waals surface area contributed by atoms with Crippen LogP contribution in [0.1, 0.15) is 11.1 Å². The highest BCUT2D eigenvalue weighted by Crippen LogP contribution is 2.37. The van der Waals surface area contributed by atoms with E-state index in [1.54, 1.807) is 24.1 Å². The first kappa shape index (κ1) is 27.3. The molecule has 1 amide bonds. The molecule has 0 spiro atoms. The summed E-state index contributed by atoms with van der Waals surface area (Å²) in [6.45, 7) is 3.97. The number of likely N-dealkylation sites (N-methyl/N-ethyl adjacent to an activating group) is 2. The second-order valence-corrected chi connectivity index (χ2v) is 10.2. The SMILES string of the molecule is CN1CCN(CC(=O)N(C)c2ccc(N=C(c3ccccc3)c3c(O)[nH]c4cc(Cl)c([N+](=O)[O-])cc34)cc2)CC1. The fourth-order valence-electron chi connectivity index (χ4n) is 4.76. The molecule has 3 aromatic carbocycles. The van der Waals surface area contributed by atoms with Crippen LogP contribution in [0.3, 0.4) is 0 Å². The summed E-state index contributed by atoms with van der Waals surface area (Å²) in [5, 5.41) is 22.8. The van der Waals surface area contributed by atoms with E-state index in [1.165, 1.54) is 12.1 Å². The summed E-state index contributed by atoms with van der Waals surface area (Å²) >= 11 is 6.10. The van der Waals surface area contributed by atoms with Crippen molar-refractivity contribution in [3.63, 3.8) is 0 Å². The average molecular weight is 561 g/mol. The minimum Gasteiger partial charge on any atom is -0.494 e. The summed E-state index contributed by atoms with van der Waals surface area (Å²) in [5.74, 6) is -0.172. The molecule has 1 aromatic heterocycles. The van der Waals surface area contributed by atoms with Gasteiger partial charge in [0.1, 0.15) is 5.02 Å². The lowest BCUT2D eigenvalue weighted by atomic mass is 10.0. The first-order valence-electron chi connectivity index (χ1n) is 12.8. The van der Waals surface area contributed by atoms with Crippen LogP contribution < -0.4 is 4.90 Å². The van der Waals surface area contributed by atoms with Crippen LogP contribution in [0.25, 0.3) is 10.9 Å². The monoisotopic (exact) mass is 560 g/mol. The minimum absolute atomic E-state index is 0.00903. The Morgan fingerprint density at radius 1 is 1.10 bits per heavy atom. The van der Waals surface area contributed by atoms with Crippen LogP contribution in [0, 0.1) is 10.1 Å². The number of aliphatic imine (C=N–C) groups is 1. The number of aromatic nitrogens is 1. The predicted octanol–water partition coefficient (Wildman–Crippen LogP) is 4.81. The normalized spacial score (nSPS) is 14.9. The molecule has 0 unspecified atom stereocenters. The van der Waals surface area contributed by atoms with Crippen LogP contribution in [0.5, 0.6) is 5.88 Å². The quantitative estimate of drug-likeness (QED) is 0.190. The molecular formula is C29H29ClN6O4. The third-order valence-corrected chi connectivity index (χ3v) is 7.44. The van der Waals surface area contributed by atoms with E-state index in [9.17, 15) is 20.0 Å². The van der Waals surface area contributed by atoms with Gasteiger partial charge in [0.05, 0.1) is 33.9 Å². The molecule has 4 aromatic rings. The molecule has 0 saturated carbocycles. The Balaban J connectivity index is 1.48. The number of nitrogens with zero attached hydrogens (tertiary/aromatic N) is 5. The molecule has 206 valence electrons. The summed E-state index contributed by atoms with van der Waals surface area (Å²) in [4.78, 5) is 37.7. The standard InChI is InChI=1S/C29H29ClN6O4/c1-33-12-14-35(15-13-33)18-26(37)34(2)21-10-8-20(9-11-21)31-28(19-6-4-3-5-7-19)27-22-16-25(36(39)40)23(30)17-24(22)32-29(27)38/h3-11,16-17,32,38H,12-15,18H2,1-2H3. The number of nitro benzene ring substituents is 1. The number of halogens is 1. The van der Waals surface area contributed by atoms with E-state index < -0.39 is 4.92 Å². The van der Waals surface area contributed by atoms with Crippen molar-refractivity contribution in [2.24, 2.45) is 4.99 Å². The van der Waals surface area contributed by atoms with Crippen LogP contribution in [-0.4, -0.2) is 83.3 Å². The summed E-state index contributed by atoms with van der Waals surface area (Å²) < 4.78 is 0. The van der Waals surface area contributed by atoms with Gasteiger partial charge in [-0.1, -0.05) is 41.9 Å². The largest absolute Gasteiger partial charge is 0.494 e. The lowest BCUT2D eigenvalue weighted by Gasteiger charge is -2.32. The van der Waals surface area contributed by atoms with Gasteiger partial charge in [-0.15, -0.1) is 0 Å². The highest BCUT2D eigenvalue weighted by atomic mass is 35.5. The van der Waals surface area contributed by atoms with Gasteiger partial charge in [0.25, 0.3) is 5.69 Å². The molecule has 1 saturated heterocycles. The fourth-order valence-corrected chi connectivity index (χ4v) is 4.99. The van der Waals surface area contributed by atoms with Crippen molar-refractivity contribution < 1.29 is 14.8 Å². The number of nitrogens with one attached hydrogen (secondary N) is 1. The summed E-state index contributed by atoms with van der Waals surface area (Å²) in [6.07, 6.45) is 0. The van der Waals surface area contributed by atoms with Crippen LogP contribution in [0.15, 0.2) is 71.7 Å². The highest BCUT2D eigenvalue weighted by molar-refractivity contribution is 6.34. The van der Waals surface area contributed by atoms with Crippen molar-refractivity contribution in [1.29, 1.82) is 0 Å². The molecular weight excluding hydrogens is 532 g/mol. The molecule has 0 radical (unpaired) electrons. The van der Waals surface area contributed by atoms with Crippen LogP contribution >= 0.6 is 11.6 Å². The minimum atomic E-state index is -0.560. The Labute approximate surface area is 236 Å². The number of hydrogen-bond donors (Lipinski definition) is 2. The van der Waals surface area contributed by atoms with Crippen LogP contribution in [0.4, 0.5) is 17.1 Å². The lowest BCUT2D eigenvalue weighted by Crippen LogP contribution is -2.48. The van der Waals surface area contributed by atoms with Crippen molar-refractivity contribution >= 4 is 51.2 Å². The first-order valence-corrected chi connectivity index (χ1v) is 13.2. The molecule has 0 bridgehead atoms. The first-order chi connectivity index (χ1) is 19.2. The second-order valence-electron chi connectivity index (χ2n) is 9.83. The number of H-pyrrole nitrogens is 1. The molecule has 10 nitrogen and oxygen atoms in total. The second kappa shape index (κ2) is 11.5. The number of fused-ring (bicyclic) bond motifs is 1. The van der Waals surface area contributed by atoms with Crippen LogP contribution in [-0.2, 0) is 4.79 Å². The Kier molecular flexibility index (Phi) is 7.83. The van der Waals surface area contributed by atoms with E-state index in [0.29, 0.717) is 40.0 Å². The molecule has 11 heteroatoms. The third kappa shape index (κ3) is 5.69. The lowest BCUT2D eigenvalue weighted by molar-refractivity contribution is -0.384. The Bertz CT molecular complexity index is 1580. The molecule has 0 aliphatic carbocycles. The smallest absolute Gasteiger partial charge is 0.288 e. The van der Waals surface area contributed by atoms with E-state index in [4.69, 9.17) is 16.6 Å². The molecule has 1 fully saturated rings. The molecule has 40 heavy (non-hydrogen) atoms. The van der Waals surface area contributed by atoms with Crippen molar-refractivity contribution in [3.05, 3.63) is 93.0 Å². The average Bonchev–Trinajstić information content (AvgIpc) is 3.26. The van der Waals surface area contributed by atoms with Gasteiger partial charge < -0.3 is 19.9 Å². The fraction of sp³-hybridized carbons (Fsp3) is 0.241. The van der Waals surface area contributed by atoms with E-state index >= 15 is 0 Å². The van der Waals surface area contributed by atoms with Crippen molar-refractivity contribution in [1.82, 2.24) is 14.8 Å². The number of nitro groups is 1. The van der Waals surface area contributed by atoms with Gasteiger partial charge in [0.2, 0.25) is 5.91 Å². The summed E-state index contributed by atoms with van der Waals surface area (Å²) in [5.41, 5.74) is 2.95. The van der Waals surface area contributed by atoms with E-state index in [0.717, 1.165) is 31.9 Å². The maximum absolute atomic E-state index is 12.9. The number of hydrogen-bond acceptors (Lipinski definition) is 7. The molecule has 5 rings (SSSR count). The Morgan fingerprint density at radius 2 is 1.77 bits per heavy atom. The van der Waals surface area contributed by atoms with E-state index in [2.05, 4.69) is 21.8 Å². The van der Waals surface area contributed by atoms with Gasteiger partial charge in [-0.2, -0.15) is 0 Å². The molecule has 1 aliphatic heterocycles. The molecule has 2 N–H and O–H groups in total. The van der Waals surface area contributed by atoms with Gasteiger partial charge in [-0.05, 0) is 37.4 Å². The topological polar surface area (TPSA) is 118 Å². The number of anilines is 1. The van der Waals surface area contributed by atoms with Gasteiger partial charge in [-0.3, -0.25) is 19.8 Å². The number of aromatic amines is 1. The number of carbonyl (C=O) groups is 1. The zero-order chi connectivity index (χ0) is 28.4. The maximum Gasteiger partial charge on any atom is 0.288 e. The van der Waals surface area contributed by atoms with Gasteiger partial charge in [0, 0.05) is 55.9 Å². The Hall–Kier alpha value is -4.25. The number of piperazine rings is 1. The number of amides is 1. The van der Waals surface area contributed by atoms with E-state index in [1.807, 2.05) is 42.5 Å². The zero-order valence-electron chi connectivity index (χ0n) is 22.2. The number of benzene rings is 3. The Morgan fingerprint density at radius 3 is 2.42 bits per heavy atom. The van der Waals surface area contributed by atoms with Gasteiger partial charge in [0.15, 0.2) is 5.88 Å². The van der Waals surface area contributed by atoms with Gasteiger partial charge in [-0.25, -0.2) is 4.99 Å².